The van der Waals surface area contributed by atoms with Crippen molar-refractivity contribution in [3.8, 4) is 0 Å². The molecule has 1 aromatic rings. The number of hydrogen-bond acceptors (Lipinski definition) is 3. The summed E-state index contributed by atoms with van der Waals surface area (Å²) < 4.78 is 0. The minimum absolute atomic E-state index is 0.462. The van der Waals surface area contributed by atoms with E-state index in [1.54, 1.807) is 38.4 Å². The predicted octanol–water partition coefficient (Wildman–Crippen LogP) is 0.454. The fourth-order valence-electron chi connectivity index (χ4n) is 1.38. The number of nitrogens with one attached hydrogen (secondary N) is 1. The SMILES string of the molecule is CNCC(O)c1cccc(N(C)C(N)=O)c1. The van der Waals surface area contributed by atoms with Gasteiger partial charge in [0.25, 0.3) is 0 Å². The second kappa shape index (κ2) is 5.48. The minimum atomic E-state index is -0.591. The number of aliphatic hydroxyl groups is 1. The third kappa shape index (κ3) is 2.95. The Kier molecular flexibility index (Phi) is 4.28. The highest BCUT2D eigenvalue weighted by Crippen LogP contribution is 2.19. The van der Waals surface area contributed by atoms with Gasteiger partial charge in [0, 0.05) is 19.3 Å². The lowest BCUT2D eigenvalue weighted by Gasteiger charge is -2.17. The standard InChI is InChI=1S/C11H17N3O2/c1-13-7-10(15)8-4-3-5-9(6-8)14(2)11(12)16/h3-6,10,13,15H,7H2,1-2H3,(H2,12,16). The van der Waals surface area contributed by atoms with Crippen LogP contribution in [0.15, 0.2) is 24.3 Å². The molecule has 16 heavy (non-hydrogen) atoms. The number of amides is 2. The Bertz CT molecular complexity index is 368. The normalized spacial score (nSPS) is 12.2. The molecule has 1 unspecified atom stereocenters. The van der Waals surface area contributed by atoms with Gasteiger partial charge in [-0.25, -0.2) is 4.79 Å². The van der Waals surface area contributed by atoms with Gasteiger partial charge in [-0.15, -0.1) is 0 Å². The summed E-state index contributed by atoms with van der Waals surface area (Å²) in [5, 5.41) is 12.7. The van der Waals surface area contributed by atoms with Gasteiger partial charge in [0.2, 0.25) is 0 Å². The molecule has 0 saturated heterocycles. The number of carbonyl (C=O) groups is 1. The Balaban J connectivity index is 2.90. The van der Waals surface area contributed by atoms with Crippen molar-refractivity contribution in [2.75, 3.05) is 25.5 Å². The Hall–Kier alpha value is -1.59. The molecule has 0 aliphatic rings. The molecule has 5 nitrogen and oxygen atoms in total. The summed E-state index contributed by atoms with van der Waals surface area (Å²) >= 11 is 0. The van der Waals surface area contributed by atoms with E-state index < -0.39 is 12.1 Å². The van der Waals surface area contributed by atoms with E-state index in [1.807, 2.05) is 0 Å². The predicted molar refractivity (Wildman–Crippen MR) is 63.3 cm³/mol. The molecule has 5 heteroatoms. The monoisotopic (exact) mass is 223 g/mol. The molecule has 2 amide bonds. The summed E-state index contributed by atoms with van der Waals surface area (Å²) in [6.45, 7) is 0.462. The van der Waals surface area contributed by atoms with Crippen molar-refractivity contribution in [3.05, 3.63) is 29.8 Å². The number of carbonyl (C=O) groups excluding carboxylic acids is 1. The molecule has 0 radical (unpaired) electrons. The first-order valence-corrected chi connectivity index (χ1v) is 5.02. The molecule has 0 aliphatic heterocycles. The number of rotatable bonds is 4. The zero-order chi connectivity index (χ0) is 12.1. The number of hydrogen-bond donors (Lipinski definition) is 3. The molecule has 0 spiro atoms. The molecule has 0 bridgehead atoms. The average molecular weight is 223 g/mol. The lowest BCUT2D eigenvalue weighted by atomic mass is 10.1. The molecule has 0 aliphatic carbocycles. The third-order valence-corrected chi connectivity index (χ3v) is 2.37. The topological polar surface area (TPSA) is 78.6 Å². The van der Waals surface area contributed by atoms with E-state index in [4.69, 9.17) is 5.73 Å². The highest BCUT2D eigenvalue weighted by atomic mass is 16.3. The summed E-state index contributed by atoms with van der Waals surface area (Å²) in [6.07, 6.45) is -0.591. The number of primary amides is 1. The highest BCUT2D eigenvalue weighted by molar-refractivity contribution is 5.90. The number of urea groups is 1. The van der Waals surface area contributed by atoms with Crippen LogP contribution in [0.2, 0.25) is 0 Å². The van der Waals surface area contributed by atoms with Gasteiger partial charge in [0.05, 0.1) is 6.10 Å². The van der Waals surface area contributed by atoms with Crippen LogP contribution in [0.25, 0.3) is 0 Å². The van der Waals surface area contributed by atoms with Crippen molar-refractivity contribution in [1.82, 2.24) is 5.32 Å². The number of benzene rings is 1. The maximum atomic E-state index is 11.0. The largest absolute Gasteiger partial charge is 0.387 e. The molecule has 4 N–H and O–H groups in total. The Morgan fingerprint density at radius 2 is 2.31 bits per heavy atom. The zero-order valence-electron chi connectivity index (χ0n) is 9.47. The van der Waals surface area contributed by atoms with Gasteiger partial charge in [0.15, 0.2) is 0 Å². The number of nitrogens with zero attached hydrogens (tertiary/aromatic N) is 1. The van der Waals surface area contributed by atoms with Gasteiger partial charge in [-0.05, 0) is 24.7 Å². The summed E-state index contributed by atoms with van der Waals surface area (Å²) in [6, 6.07) is 6.57. The zero-order valence-corrected chi connectivity index (χ0v) is 9.47. The fourth-order valence-corrected chi connectivity index (χ4v) is 1.38. The molecule has 1 rings (SSSR count). The molecule has 1 aromatic carbocycles. The molecule has 1 atom stereocenters. The van der Waals surface area contributed by atoms with Crippen molar-refractivity contribution >= 4 is 11.7 Å². The number of likely N-dealkylation sites (N-methyl/N-ethyl adjacent to an activating group) is 1. The number of nitrogens with two attached hydrogens (primary N) is 1. The lowest BCUT2D eigenvalue weighted by Crippen LogP contribution is -2.31. The first kappa shape index (κ1) is 12.5. The van der Waals surface area contributed by atoms with Gasteiger partial charge in [-0.1, -0.05) is 12.1 Å². The second-order valence-corrected chi connectivity index (χ2v) is 3.57. The van der Waals surface area contributed by atoms with E-state index >= 15 is 0 Å². The van der Waals surface area contributed by atoms with Crippen molar-refractivity contribution < 1.29 is 9.90 Å². The van der Waals surface area contributed by atoms with Crippen LogP contribution in [-0.4, -0.2) is 31.8 Å². The van der Waals surface area contributed by atoms with Crippen LogP contribution in [0.3, 0.4) is 0 Å². The smallest absolute Gasteiger partial charge is 0.318 e. The summed E-state index contributed by atoms with van der Waals surface area (Å²) in [4.78, 5) is 12.3. The van der Waals surface area contributed by atoms with E-state index in [1.165, 1.54) is 4.90 Å². The maximum Gasteiger partial charge on any atom is 0.318 e. The van der Waals surface area contributed by atoms with Crippen LogP contribution < -0.4 is 16.0 Å². The van der Waals surface area contributed by atoms with Gasteiger partial charge >= 0.3 is 6.03 Å². The van der Waals surface area contributed by atoms with Crippen LogP contribution in [0.5, 0.6) is 0 Å². The van der Waals surface area contributed by atoms with Gasteiger partial charge < -0.3 is 16.2 Å². The van der Waals surface area contributed by atoms with Crippen LogP contribution in [0, 0.1) is 0 Å². The van der Waals surface area contributed by atoms with E-state index in [0.717, 1.165) is 5.56 Å². The van der Waals surface area contributed by atoms with Crippen LogP contribution in [0.4, 0.5) is 10.5 Å². The highest BCUT2D eigenvalue weighted by Gasteiger charge is 2.10. The quantitative estimate of drug-likeness (QED) is 0.693. The molecule has 0 saturated carbocycles. The molecule has 0 aromatic heterocycles. The number of aliphatic hydroxyl groups excluding tert-OH is 1. The van der Waals surface area contributed by atoms with Crippen molar-refractivity contribution in [2.45, 2.75) is 6.10 Å². The van der Waals surface area contributed by atoms with Crippen molar-refractivity contribution in [1.29, 1.82) is 0 Å². The van der Waals surface area contributed by atoms with Crippen molar-refractivity contribution in [3.63, 3.8) is 0 Å². The first-order valence-electron chi connectivity index (χ1n) is 5.02. The van der Waals surface area contributed by atoms with E-state index in [9.17, 15) is 9.90 Å². The van der Waals surface area contributed by atoms with Gasteiger partial charge in [-0.3, -0.25) is 4.90 Å². The Morgan fingerprint density at radius 1 is 1.62 bits per heavy atom. The van der Waals surface area contributed by atoms with Crippen LogP contribution in [0.1, 0.15) is 11.7 Å². The average Bonchev–Trinajstić information content (AvgIpc) is 2.28. The summed E-state index contributed by atoms with van der Waals surface area (Å²) in [7, 11) is 3.36. The van der Waals surface area contributed by atoms with E-state index in [-0.39, 0.29) is 0 Å². The molecule has 0 heterocycles. The molecule has 88 valence electrons. The first-order chi connectivity index (χ1) is 7.56. The third-order valence-electron chi connectivity index (χ3n) is 2.37. The van der Waals surface area contributed by atoms with Gasteiger partial charge in [-0.2, -0.15) is 0 Å². The summed E-state index contributed by atoms with van der Waals surface area (Å²) in [5.41, 5.74) is 6.58. The fraction of sp³-hybridized carbons (Fsp3) is 0.364. The summed E-state index contributed by atoms with van der Waals surface area (Å²) in [5.74, 6) is 0. The van der Waals surface area contributed by atoms with Crippen LogP contribution >= 0.6 is 0 Å². The van der Waals surface area contributed by atoms with Crippen LogP contribution in [-0.2, 0) is 0 Å². The molecule has 0 fully saturated rings. The van der Waals surface area contributed by atoms with E-state index in [2.05, 4.69) is 5.32 Å². The molecular weight excluding hydrogens is 206 g/mol. The minimum Gasteiger partial charge on any atom is -0.387 e. The van der Waals surface area contributed by atoms with E-state index in [0.29, 0.717) is 12.2 Å². The van der Waals surface area contributed by atoms with Gasteiger partial charge in [0.1, 0.15) is 0 Å². The lowest BCUT2D eigenvalue weighted by molar-refractivity contribution is 0.178. The van der Waals surface area contributed by atoms with Crippen molar-refractivity contribution in [2.24, 2.45) is 5.73 Å². The maximum absolute atomic E-state index is 11.0. The Morgan fingerprint density at radius 3 is 2.88 bits per heavy atom. The second-order valence-electron chi connectivity index (χ2n) is 3.57. The number of anilines is 1. The molecular formula is C11H17N3O2. The Labute approximate surface area is 94.9 Å².